The molecule has 0 N–H and O–H groups in total. The molecule has 1 aliphatic carbocycles. The SMILES string of the molecule is CC1(C)OC(=C(C#N)C#N)C(C#N)=C1/C=C/c1cc2cc3c(cc2oc1=O)C#C/C=C\C=C/3. The first kappa shape index (κ1) is 21.2. The smallest absolute Gasteiger partial charge is 0.343 e. The van der Waals surface area contributed by atoms with Crippen LogP contribution in [0.1, 0.15) is 30.5 Å². The molecule has 0 saturated heterocycles. The highest BCUT2D eigenvalue weighted by Gasteiger charge is 2.38. The molecule has 33 heavy (non-hydrogen) atoms. The van der Waals surface area contributed by atoms with E-state index in [1.54, 1.807) is 56.3 Å². The minimum Gasteiger partial charge on any atom is -0.480 e. The van der Waals surface area contributed by atoms with Crippen molar-refractivity contribution in [3.8, 4) is 30.0 Å². The van der Waals surface area contributed by atoms with Gasteiger partial charge in [0.25, 0.3) is 0 Å². The summed E-state index contributed by atoms with van der Waals surface area (Å²) in [5.41, 5.74) is 1.09. The number of ether oxygens (including phenoxy) is 1. The third kappa shape index (κ3) is 3.86. The van der Waals surface area contributed by atoms with Crippen LogP contribution in [0.15, 0.2) is 74.2 Å². The molecule has 0 radical (unpaired) electrons. The maximum atomic E-state index is 12.6. The van der Waals surface area contributed by atoms with Crippen LogP contribution in [0.5, 0.6) is 0 Å². The van der Waals surface area contributed by atoms with Gasteiger partial charge in [-0.3, -0.25) is 0 Å². The van der Waals surface area contributed by atoms with Crippen molar-refractivity contribution in [2.45, 2.75) is 19.4 Å². The summed E-state index contributed by atoms with van der Waals surface area (Å²) < 4.78 is 11.3. The molecule has 0 bridgehead atoms. The monoisotopic (exact) mass is 429 g/mol. The molecule has 2 aliphatic rings. The highest BCUT2D eigenvalue weighted by molar-refractivity contribution is 5.84. The molecule has 1 aromatic carbocycles. The van der Waals surface area contributed by atoms with E-state index in [0.29, 0.717) is 11.2 Å². The van der Waals surface area contributed by atoms with E-state index in [4.69, 9.17) is 9.15 Å². The second-order valence-electron chi connectivity index (χ2n) is 7.73. The second kappa shape index (κ2) is 8.24. The third-order valence-corrected chi connectivity index (χ3v) is 5.20. The molecule has 6 heteroatoms. The molecule has 1 aliphatic heterocycles. The summed E-state index contributed by atoms with van der Waals surface area (Å²) in [6.07, 6.45) is 10.5. The van der Waals surface area contributed by atoms with Gasteiger partial charge in [-0.1, -0.05) is 36.1 Å². The van der Waals surface area contributed by atoms with Gasteiger partial charge in [0.15, 0.2) is 11.3 Å². The Morgan fingerprint density at radius 2 is 1.88 bits per heavy atom. The molecule has 0 saturated carbocycles. The molecule has 156 valence electrons. The van der Waals surface area contributed by atoms with Crippen LogP contribution in [0.4, 0.5) is 0 Å². The van der Waals surface area contributed by atoms with E-state index in [1.807, 2.05) is 30.4 Å². The van der Waals surface area contributed by atoms with Crippen LogP contribution in [0.25, 0.3) is 23.1 Å². The van der Waals surface area contributed by atoms with E-state index in [-0.39, 0.29) is 22.5 Å². The summed E-state index contributed by atoms with van der Waals surface area (Å²) in [6.45, 7) is 3.43. The van der Waals surface area contributed by atoms with Crippen molar-refractivity contribution in [1.82, 2.24) is 0 Å². The summed E-state index contributed by atoms with van der Waals surface area (Å²) in [6, 6.07) is 10.9. The zero-order valence-electron chi connectivity index (χ0n) is 17.8. The van der Waals surface area contributed by atoms with Crippen LogP contribution in [-0.2, 0) is 4.74 Å². The number of hydrogen-bond acceptors (Lipinski definition) is 6. The lowest BCUT2D eigenvalue weighted by Gasteiger charge is -2.20. The van der Waals surface area contributed by atoms with Crippen molar-refractivity contribution in [2.24, 2.45) is 0 Å². The summed E-state index contributed by atoms with van der Waals surface area (Å²) in [5, 5.41) is 28.7. The molecule has 4 rings (SSSR count). The van der Waals surface area contributed by atoms with Crippen LogP contribution < -0.4 is 5.63 Å². The molecule has 2 aromatic rings. The number of allylic oxidation sites excluding steroid dienone is 5. The van der Waals surface area contributed by atoms with Crippen molar-refractivity contribution in [2.75, 3.05) is 0 Å². The minimum atomic E-state index is -0.973. The van der Waals surface area contributed by atoms with Gasteiger partial charge < -0.3 is 9.15 Å². The molecule has 1 aromatic heterocycles. The lowest BCUT2D eigenvalue weighted by Crippen LogP contribution is -2.20. The quantitative estimate of drug-likeness (QED) is 0.390. The number of rotatable bonds is 2. The first-order valence-electron chi connectivity index (χ1n) is 9.91. The molecular weight excluding hydrogens is 414 g/mol. The van der Waals surface area contributed by atoms with Crippen LogP contribution in [0.3, 0.4) is 0 Å². The standard InChI is InChI=1S/C27H15N3O3/c1-27(2)23(22(16-30)25(33-27)21(14-28)15-29)10-9-19-12-20-11-17-7-5-3-4-6-8-18(17)13-24(20)32-26(19)31/h3-5,7,9-13H,1-2H3/b4-3-,5-3?,7-5-,10-9+,17-7?. The lowest BCUT2D eigenvalue weighted by atomic mass is 9.94. The van der Waals surface area contributed by atoms with Gasteiger partial charge in [-0.2, -0.15) is 15.8 Å². The maximum Gasteiger partial charge on any atom is 0.343 e. The topological polar surface area (TPSA) is 111 Å². The average molecular weight is 429 g/mol. The number of nitriles is 3. The van der Waals surface area contributed by atoms with Gasteiger partial charge in [0, 0.05) is 16.5 Å². The fourth-order valence-electron chi connectivity index (χ4n) is 3.60. The van der Waals surface area contributed by atoms with Crippen LogP contribution in [0.2, 0.25) is 0 Å². The van der Waals surface area contributed by atoms with E-state index in [1.165, 1.54) is 0 Å². The fraction of sp³-hybridized carbons (Fsp3) is 0.111. The zero-order valence-corrected chi connectivity index (χ0v) is 17.8. The maximum absolute atomic E-state index is 12.6. The van der Waals surface area contributed by atoms with E-state index >= 15 is 0 Å². The number of fused-ring (bicyclic) bond motifs is 2. The Hall–Kier alpha value is -5.04. The Kier molecular flexibility index (Phi) is 5.29. The molecule has 2 heterocycles. The minimum absolute atomic E-state index is 0.0572. The molecule has 0 atom stereocenters. The van der Waals surface area contributed by atoms with E-state index in [2.05, 4.69) is 11.8 Å². The average Bonchev–Trinajstić information content (AvgIpc) is 3.03. The Labute approximate surface area is 189 Å². The van der Waals surface area contributed by atoms with Gasteiger partial charge >= 0.3 is 5.63 Å². The summed E-state index contributed by atoms with van der Waals surface area (Å²) in [4.78, 5) is 12.6. The predicted octanol–water partition coefficient (Wildman–Crippen LogP) is 4.67. The van der Waals surface area contributed by atoms with E-state index < -0.39 is 11.2 Å². The molecule has 0 amide bonds. The Morgan fingerprint density at radius 3 is 2.61 bits per heavy atom. The van der Waals surface area contributed by atoms with E-state index in [9.17, 15) is 20.6 Å². The molecule has 0 fully saturated rings. The molecule has 6 nitrogen and oxygen atoms in total. The van der Waals surface area contributed by atoms with Crippen molar-refractivity contribution < 1.29 is 9.15 Å². The molecule has 0 spiro atoms. The lowest BCUT2D eigenvalue weighted by molar-refractivity contribution is 0.0954. The van der Waals surface area contributed by atoms with Gasteiger partial charge in [0.1, 0.15) is 35.0 Å². The molecule has 0 unspecified atom stereocenters. The highest BCUT2D eigenvalue weighted by Crippen LogP contribution is 2.40. The van der Waals surface area contributed by atoms with Crippen LogP contribution >= 0.6 is 0 Å². The van der Waals surface area contributed by atoms with Gasteiger partial charge in [-0.05, 0) is 49.8 Å². The van der Waals surface area contributed by atoms with Crippen molar-refractivity contribution in [3.05, 3.63) is 92.1 Å². The Bertz CT molecular complexity index is 1590. The predicted molar refractivity (Wildman–Crippen MR) is 123 cm³/mol. The van der Waals surface area contributed by atoms with Crippen molar-refractivity contribution >= 4 is 23.1 Å². The summed E-state index contributed by atoms with van der Waals surface area (Å²) in [7, 11) is 0. The number of hydrogen-bond donors (Lipinski definition) is 0. The van der Waals surface area contributed by atoms with Crippen LogP contribution in [-0.4, -0.2) is 5.60 Å². The molecular formula is C27H15N3O3. The normalized spacial score (nSPS) is 17.5. The number of benzene rings is 1. The van der Waals surface area contributed by atoms with Gasteiger partial charge in [-0.25, -0.2) is 4.79 Å². The van der Waals surface area contributed by atoms with Crippen molar-refractivity contribution in [1.29, 1.82) is 15.8 Å². The first-order chi connectivity index (χ1) is 15.9. The number of nitrogens with zero attached hydrogens (tertiary/aromatic N) is 3. The first-order valence-corrected chi connectivity index (χ1v) is 9.91. The third-order valence-electron chi connectivity index (χ3n) is 5.20. The Morgan fingerprint density at radius 1 is 1.09 bits per heavy atom. The largest absolute Gasteiger partial charge is 0.480 e. The van der Waals surface area contributed by atoms with Crippen molar-refractivity contribution in [3.63, 3.8) is 0 Å². The fourth-order valence-corrected chi connectivity index (χ4v) is 3.60. The van der Waals surface area contributed by atoms with Crippen LogP contribution in [0, 0.1) is 45.8 Å². The Balaban J connectivity index is 1.83. The summed E-state index contributed by atoms with van der Waals surface area (Å²) >= 11 is 0. The van der Waals surface area contributed by atoms with Gasteiger partial charge in [0.2, 0.25) is 0 Å². The summed E-state index contributed by atoms with van der Waals surface area (Å²) in [5.74, 6) is 5.90. The highest BCUT2D eigenvalue weighted by atomic mass is 16.5. The van der Waals surface area contributed by atoms with Gasteiger partial charge in [-0.15, -0.1) is 0 Å². The second-order valence-corrected chi connectivity index (χ2v) is 7.73. The zero-order chi connectivity index (χ0) is 23.6. The van der Waals surface area contributed by atoms with E-state index in [0.717, 1.165) is 16.5 Å². The van der Waals surface area contributed by atoms with Gasteiger partial charge in [0.05, 0.1) is 5.56 Å².